The van der Waals surface area contributed by atoms with Crippen LogP contribution >= 0.6 is 35.0 Å². The Kier molecular flexibility index (Phi) is 7.93. The Balaban J connectivity index is 1.99. The molecule has 0 bridgehead atoms. The minimum Gasteiger partial charge on any atom is -0.324 e. The molecule has 1 N–H and O–H groups in total. The van der Waals surface area contributed by atoms with Crippen LogP contribution in [0.3, 0.4) is 0 Å². The van der Waals surface area contributed by atoms with Crippen molar-refractivity contribution in [3.8, 4) is 0 Å². The number of nitrogens with zero attached hydrogens (tertiary/aromatic N) is 2. The van der Waals surface area contributed by atoms with Gasteiger partial charge < -0.3 is 5.32 Å². The van der Waals surface area contributed by atoms with Crippen molar-refractivity contribution < 1.29 is 13.2 Å². The zero-order valence-electron chi connectivity index (χ0n) is 14.8. The van der Waals surface area contributed by atoms with Gasteiger partial charge in [-0.05, 0) is 30.3 Å². The number of carbonyl (C=O) groups is 1. The van der Waals surface area contributed by atoms with Gasteiger partial charge in [-0.3, -0.25) is 4.79 Å². The third-order valence-corrected chi connectivity index (χ3v) is 7.15. The molecule has 1 aromatic heterocycles. The Labute approximate surface area is 173 Å². The van der Waals surface area contributed by atoms with Crippen molar-refractivity contribution in [1.82, 2.24) is 9.29 Å². The van der Waals surface area contributed by atoms with Gasteiger partial charge in [-0.25, -0.2) is 13.4 Å². The highest BCUT2D eigenvalue weighted by Gasteiger charge is 2.21. The van der Waals surface area contributed by atoms with Gasteiger partial charge in [0.25, 0.3) is 0 Å². The van der Waals surface area contributed by atoms with E-state index in [0.717, 1.165) is 0 Å². The average molecular weight is 448 g/mol. The molecule has 0 radical (unpaired) electrons. The predicted octanol–water partition coefficient (Wildman–Crippen LogP) is 4.15. The molecular weight excluding hydrogens is 429 g/mol. The summed E-state index contributed by atoms with van der Waals surface area (Å²) in [6.45, 7) is 4.34. The lowest BCUT2D eigenvalue weighted by atomic mass is 10.3. The van der Waals surface area contributed by atoms with Crippen molar-refractivity contribution in [3.63, 3.8) is 0 Å². The van der Waals surface area contributed by atoms with E-state index < -0.39 is 10.0 Å². The number of sulfonamides is 1. The Morgan fingerprint density at radius 2 is 1.89 bits per heavy atom. The Morgan fingerprint density at radius 1 is 1.19 bits per heavy atom. The van der Waals surface area contributed by atoms with E-state index in [1.54, 1.807) is 38.1 Å². The Morgan fingerprint density at radius 3 is 2.48 bits per heavy atom. The van der Waals surface area contributed by atoms with E-state index in [4.69, 9.17) is 23.2 Å². The van der Waals surface area contributed by atoms with E-state index in [0.29, 0.717) is 33.8 Å². The summed E-state index contributed by atoms with van der Waals surface area (Å²) in [5.41, 5.74) is 0.434. The fourth-order valence-corrected chi connectivity index (χ4v) is 4.62. The molecule has 0 aliphatic heterocycles. The zero-order chi connectivity index (χ0) is 20.0. The second-order valence-electron chi connectivity index (χ2n) is 5.38. The van der Waals surface area contributed by atoms with Crippen LogP contribution in [0.1, 0.15) is 13.8 Å². The highest BCUT2D eigenvalue weighted by Crippen LogP contribution is 2.26. The van der Waals surface area contributed by atoms with E-state index >= 15 is 0 Å². The van der Waals surface area contributed by atoms with Gasteiger partial charge in [0.15, 0.2) is 0 Å². The van der Waals surface area contributed by atoms with Crippen molar-refractivity contribution in [1.29, 1.82) is 0 Å². The summed E-state index contributed by atoms with van der Waals surface area (Å²) >= 11 is 13.1. The topological polar surface area (TPSA) is 79.4 Å². The maximum Gasteiger partial charge on any atom is 0.244 e. The van der Waals surface area contributed by atoms with Crippen LogP contribution in [0.4, 0.5) is 5.69 Å². The van der Waals surface area contributed by atoms with Crippen molar-refractivity contribution >= 4 is 56.6 Å². The number of rotatable bonds is 8. The lowest BCUT2D eigenvalue weighted by molar-refractivity contribution is -0.113. The molecule has 0 saturated heterocycles. The van der Waals surface area contributed by atoms with Gasteiger partial charge in [0.05, 0.1) is 21.5 Å². The van der Waals surface area contributed by atoms with Crippen LogP contribution < -0.4 is 5.32 Å². The monoisotopic (exact) mass is 447 g/mol. The lowest BCUT2D eigenvalue weighted by Crippen LogP contribution is -2.30. The normalized spacial score (nSPS) is 11.6. The number of hydrogen-bond donors (Lipinski definition) is 1. The highest BCUT2D eigenvalue weighted by molar-refractivity contribution is 7.99. The van der Waals surface area contributed by atoms with Crippen LogP contribution in [-0.2, 0) is 14.8 Å². The number of halogens is 2. The summed E-state index contributed by atoms with van der Waals surface area (Å²) in [4.78, 5) is 16.3. The molecule has 0 fully saturated rings. The molecular formula is C17H19Cl2N3O3S2. The van der Waals surface area contributed by atoms with Crippen molar-refractivity contribution in [2.24, 2.45) is 0 Å². The number of pyridine rings is 1. The molecule has 1 heterocycles. The van der Waals surface area contributed by atoms with Crippen LogP contribution in [0.5, 0.6) is 0 Å². The van der Waals surface area contributed by atoms with Crippen LogP contribution in [0.15, 0.2) is 46.5 Å². The molecule has 2 aromatic rings. The van der Waals surface area contributed by atoms with E-state index in [1.807, 2.05) is 0 Å². The van der Waals surface area contributed by atoms with Crippen LogP contribution in [0.2, 0.25) is 10.0 Å². The van der Waals surface area contributed by atoms with Crippen molar-refractivity contribution in [2.45, 2.75) is 23.8 Å². The number of amides is 1. The van der Waals surface area contributed by atoms with Gasteiger partial charge in [0.2, 0.25) is 15.9 Å². The number of anilines is 1. The molecule has 0 unspecified atom stereocenters. The number of nitrogens with one attached hydrogen (secondary N) is 1. The number of carbonyl (C=O) groups excluding carboxylic acids is 1. The third kappa shape index (κ3) is 5.83. The molecule has 1 aromatic carbocycles. The zero-order valence-corrected chi connectivity index (χ0v) is 17.9. The lowest BCUT2D eigenvalue weighted by Gasteiger charge is -2.18. The quantitative estimate of drug-likeness (QED) is 0.614. The first kappa shape index (κ1) is 22.0. The molecule has 27 heavy (non-hydrogen) atoms. The smallest absolute Gasteiger partial charge is 0.244 e. The summed E-state index contributed by atoms with van der Waals surface area (Å²) in [6, 6.07) is 7.88. The predicted molar refractivity (Wildman–Crippen MR) is 110 cm³/mol. The molecule has 0 aliphatic carbocycles. The minimum absolute atomic E-state index is 0.0952. The maximum atomic E-state index is 12.4. The first-order valence-corrected chi connectivity index (χ1v) is 11.3. The summed E-state index contributed by atoms with van der Waals surface area (Å²) in [5.74, 6) is -0.177. The molecule has 146 valence electrons. The van der Waals surface area contributed by atoms with Gasteiger partial charge in [0, 0.05) is 24.3 Å². The van der Waals surface area contributed by atoms with E-state index in [2.05, 4.69) is 10.3 Å². The van der Waals surface area contributed by atoms with E-state index in [1.165, 1.54) is 28.3 Å². The van der Waals surface area contributed by atoms with Crippen molar-refractivity contribution in [2.75, 3.05) is 24.2 Å². The summed E-state index contributed by atoms with van der Waals surface area (Å²) in [5, 5.41) is 4.08. The van der Waals surface area contributed by atoms with Crippen LogP contribution in [0, 0.1) is 0 Å². The molecule has 6 nitrogen and oxygen atoms in total. The first-order chi connectivity index (χ1) is 12.8. The second-order valence-corrected chi connectivity index (χ2v) is 9.16. The molecule has 1 amide bonds. The van der Waals surface area contributed by atoms with Crippen LogP contribution in [0.25, 0.3) is 0 Å². The third-order valence-electron chi connectivity index (χ3n) is 3.61. The highest BCUT2D eigenvalue weighted by atomic mass is 35.5. The van der Waals surface area contributed by atoms with Gasteiger partial charge >= 0.3 is 0 Å². The SMILES string of the molecule is CCN(CC)S(=O)(=O)c1ccc(SCC(=O)Nc2cc(Cl)ccc2Cl)nc1. The Bertz CT molecular complexity index is 902. The minimum atomic E-state index is -3.54. The molecule has 0 saturated carbocycles. The van der Waals surface area contributed by atoms with E-state index in [-0.39, 0.29) is 16.6 Å². The molecule has 0 spiro atoms. The summed E-state index contributed by atoms with van der Waals surface area (Å²) in [7, 11) is -3.54. The maximum absolute atomic E-state index is 12.4. The summed E-state index contributed by atoms with van der Waals surface area (Å²) < 4.78 is 26.2. The Hall–Kier alpha value is -1.32. The largest absolute Gasteiger partial charge is 0.324 e. The van der Waals surface area contributed by atoms with Gasteiger partial charge in [-0.2, -0.15) is 4.31 Å². The second kappa shape index (κ2) is 9.75. The number of hydrogen-bond acceptors (Lipinski definition) is 5. The van der Waals surface area contributed by atoms with Gasteiger partial charge in [0.1, 0.15) is 4.90 Å². The first-order valence-electron chi connectivity index (χ1n) is 8.11. The number of aromatic nitrogens is 1. The van der Waals surface area contributed by atoms with E-state index in [9.17, 15) is 13.2 Å². The van der Waals surface area contributed by atoms with Crippen molar-refractivity contribution in [3.05, 3.63) is 46.6 Å². The summed E-state index contributed by atoms with van der Waals surface area (Å²) in [6.07, 6.45) is 1.31. The van der Waals surface area contributed by atoms with Gasteiger partial charge in [-0.15, -0.1) is 0 Å². The molecule has 0 aliphatic rings. The standard InChI is InChI=1S/C17H19Cl2N3O3S2/c1-3-22(4-2)27(24,25)13-6-8-17(20-10-13)26-11-16(23)21-15-9-12(18)5-7-14(15)19/h5-10H,3-4,11H2,1-2H3,(H,21,23). The van der Waals surface area contributed by atoms with Crippen LogP contribution in [-0.4, -0.2) is 42.5 Å². The molecule has 10 heteroatoms. The number of benzene rings is 1. The number of thioether (sulfide) groups is 1. The fourth-order valence-electron chi connectivity index (χ4n) is 2.24. The molecule has 0 atom stereocenters. The fraction of sp³-hybridized carbons (Fsp3) is 0.294. The molecule has 2 rings (SSSR count). The average Bonchev–Trinajstić information content (AvgIpc) is 2.64. The van der Waals surface area contributed by atoms with Gasteiger partial charge in [-0.1, -0.05) is 48.8 Å².